The highest BCUT2D eigenvalue weighted by atomic mass is 16.5. The predicted molar refractivity (Wildman–Crippen MR) is 139 cm³/mol. The van der Waals surface area contributed by atoms with E-state index in [1.54, 1.807) is 0 Å². The Kier molecular flexibility index (Phi) is 10.9. The van der Waals surface area contributed by atoms with E-state index < -0.39 is 0 Å². The van der Waals surface area contributed by atoms with Gasteiger partial charge in [-0.2, -0.15) is 0 Å². The molecule has 0 aliphatic heterocycles. The normalized spacial score (nSPS) is 11.0. The van der Waals surface area contributed by atoms with Crippen LogP contribution >= 0.6 is 0 Å². The third kappa shape index (κ3) is 7.99. The van der Waals surface area contributed by atoms with Crippen molar-refractivity contribution in [3.05, 3.63) is 60.7 Å². The van der Waals surface area contributed by atoms with E-state index in [-0.39, 0.29) is 0 Å². The topological polar surface area (TPSA) is 27.7 Å². The van der Waals surface area contributed by atoms with Crippen LogP contribution < -0.4 is 14.2 Å². The molecule has 178 valence electrons. The van der Waals surface area contributed by atoms with E-state index in [4.69, 9.17) is 14.2 Å². The highest BCUT2D eigenvalue weighted by Gasteiger charge is 2.16. The molecule has 0 radical (unpaired) electrons. The van der Waals surface area contributed by atoms with Gasteiger partial charge < -0.3 is 14.2 Å². The zero-order valence-corrected chi connectivity index (χ0v) is 20.5. The van der Waals surface area contributed by atoms with Crippen LogP contribution in [0.5, 0.6) is 23.0 Å². The van der Waals surface area contributed by atoms with Crippen LogP contribution in [0.25, 0.3) is 10.8 Å². The van der Waals surface area contributed by atoms with Gasteiger partial charge in [-0.3, -0.25) is 0 Å². The number of unbranched alkanes of at least 4 members (excludes halogenated alkanes) is 8. The molecule has 0 saturated carbocycles. The SMILES string of the molecule is CCCCCCCOc1cc(Oc2ccccc2)c(OCCCCCCC)c2ccccc12. The van der Waals surface area contributed by atoms with Crippen LogP contribution in [0.15, 0.2) is 60.7 Å². The molecular weight excluding hydrogens is 408 g/mol. The van der Waals surface area contributed by atoms with Crippen molar-refractivity contribution in [1.29, 1.82) is 0 Å². The van der Waals surface area contributed by atoms with E-state index in [2.05, 4.69) is 38.1 Å². The molecule has 0 amide bonds. The third-order valence-corrected chi connectivity index (χ3v) is 5.89. The summed E-state index contributed by atoms with van der Waals surface area (Å²) in [5.74, 6) is 3.18. The van der Waals surface area contributed by atoms with Crippen LogP contribution in [0.3, 0.4) is 0 Å². The molecule has 0 aromatic heterocycles. The van der Waals surface area contributed by atoms with Gasteiger partial charge in [-0.15, -0.1) is 0 Å². The van der Waals surface area contributed by atoms with Crippen molar-refractivity contribution < 1.29 is 14.2 Å². The van der Waals surface area contributed by atoms with Crippen molar-refractivity contribution >= 4 is 10.8 Å². The Morgan fingerprint density at radius 3 is 1.79 bits per heavy atom. The molecule has 0 heterocycles. The molecule has 0 atom stereocenters. The molecule has 0 aliphatic carbocycles. The second-order valence-electron chi connectivity index (χ2n) is 8.69. The fourth-order valence-electron chi connectivity index (χ4n) is 4.02. The number of rotatable bonds is 16. The summed E-state index contributed by atoms with van der Waals surface area (Å²) in [7, 11) is 0. The zero-order chi connectivity index (χ0) is 23.1. The summed E-state index contributed by atoms with van der Waals surface area (Å²) in [5.41, 5.74) is 0. The highest BCUT2D eigenvalue weighted by molar-refractivity contribution is 5.95. The van der Waals surface area contributed by atoms with E-state index in [0.29, 0.717) is 6.61 Å². The Balaban J connectivity index is 1.81. The van der Waals surface area contributed by atoms with E-state index in [1.807, 2.05) is 36.4 Å². The van der Waals surface area contributed by atoms with Crippen molar-refractivity contribution in [2.24, 2.45) is 0 Å². The van der Waals surface area contributed by atoms with Crippen LogP contribution in [-0.2, 0) is 0 Å². The third-order valence-electron chi connectivity index (χ3n) is 5.89. The maximum atomic E-state index is 6.35. The zero-order valence-electron chi connectivity index (χ0n) is 20.5. The fraction of sp³-hybridized carbons (Fsp3) is 0.467. The molecule has 0 unspecified atom stereocenters. The summed E-state index contributed by atoms with van der Waals surface area (Å²) in [6.45, 7) is 5.89. The molecule has 33 heavy (non-hydrogen) atoms. The van der Waals surface area contributed by atoms with Gasteiger partial charge in [-0.05, 0) is 25.0 Å². The van der Waals surface area contributed by atoms with E-state index in [0.717, 1.165) is 53.2 Å². The Hall–Kier alpha value is -2.68. The molecule has 3 rings (SSSR count). The van der Waals surface area contributed by atoms with Crippen molar-refractivity contribution in [3.63, 3.8) is 0 Å². The lowest BCUT2D eigenvalue weighted by atomic mass is 10.1. The van der Waals surface area contributed by atoms with Crippen LogP contribution in [0, 0.1) is 0 Å². The van der Waals surface area contributed by atoms with Gasteiger partial charge in [0.15, 0.2) is 11.5 Å². The number of para-hydroxylation sites is 1. The molecule has 0 spiro atoms. The van der Waals surface area contributed by atoms with Crippen LogP contribution in [0.1, 0.15) is 78.1 Å². The first-order chi connectivity index (χ1) is 16.3. The van der Waals surface area contributed by atoms with Crippen LogP contribution in [0.2, 0.25) is 0 Å². The molecule has 0 aliphatic rings. The van der Waals surface area contributed by atoms with Gasteiger partial charge in [0.1, 0.15) is 11.5 Å². The number of hydrogen-bond donors (Lipinski definition) is 0. The number of ether oxygens (including phenoxy) is 3. The van der Waals surface area contributed by atoms with Gasteiger partial charge in [-0.25, -0.2) is 0 Å². The first-order valence-electron chi connectivity index (χ1n) is 12.9. The van der Waals surface area contributed by atoms with Crippen molar-refractivity contribution in [1.82, 2.24) is 0 Å². The van der Waals surface area contributed by atoms with Gasteiger partial charge in [0.05, 0.1) is 13.2 Å². The van der Waals surface area contributed by atoms with Gasteiger partial charge in [0, 0.05) is 16.8 Å². The second-order valence-corrected chi connectivity index (χ2v) is 8.69. The second kappa shape index (κ2) is 14.5. The maximum absolute atomic E-state index is 6.35. The molecule has 0 fully saturated rings. The first-order valence-corrected chi connectivity index (χ1v) is 12.9. The largest absolute Gasteiger partial charge is 0.493 e. The summed E-state index contributed by atoms with van der Waals surface area (Å²) < 4.78 is 18.9. The minimum atomic E-state index is 0.691. The lowest BCUT2D eigenvalue weighted by molar-refractivity contribution is 0.289. The summed E-state index contributed by atoms with van der Waals surface area (Å²) in [5, 5.41) is 2.12. The number of benzene rings is 3. The molecule has 0 N–H and O–H groups in total. The quantitative estimate of drug-likeness (QED) is 0.204. The summed E-state index contributed by atoms with van der Waals surface area (Å²) in [6, 6.07) is 20.2. The van der Waals surface area contributed by atoms with Crippen molar-refractivity contribution in [2.45, 2.75) is 78.1 Å². The van der Waals surface area contributed by atoms with Gasteiger partial charge in [0.25, 0.3) is 0 Å². The Bertz CT molecular complexity index is 936. The number of fused-ring (bicyclic) bond motifs is 1. The standard InChI is InChI=1S/C30H40O3/c1-3-5-7-9-16-22-31-28-24-29(33-25-18-12-11-13-19-25)30(27-21-15-14-20-26(27)28)32-23-17-10-8-6-4-2/h11-15,18-21,24H,3-10,16-17,22-23H2,1-2H3. The van der Waals surface area contributed by atoms with Gasteiger partial charge in [0.2, 0.25) is 0 Å². The predicted octanol–water partition coefficient (Wildman–Crippen LogP) is 9.33. The molecule has 3 heteroatoms. The monoisotopic (exact) mass is 448 g/mol. The first kappa shape index (κ1) is 25.0. The average Bonchev–Trinajstić information content (AvgIpc) is 2.85. The lowest BCUT2D eigenvalue weighted by Crippen LogP contribution is -2.03. The fourth-order valence-corrected chi connectivity index (χ4v) is 4.02. The van der Waals surface area contributed by atoms with Crippen molar-refractivity contribution in [3.8, 4) is 23.0 Å². The molecule has 0 bridgehead atoms. The Morgan fingerprint density at radius 1 is 0.545 bits per heavy atom. The van der Waals surface area contributed by atoms with Crippen molar-refractivity contribution in [2.75, 3.05) is 13.2 Å². The summed E-state index contributed by atoms with van der Waals surface area (Å²) in [4.78, 5) is 0. The van der Waals surface area contributed by atoms with Crippen LogP contribution in [0.4, 0.5) is 0 Å². The summed E-state index contributed by atoms with van der Waals surface area (Å²) >= 11 is 0. The van der Waals surface area contributed by atoms with E-state index >= 15 is 0 Å². The smallest absolute Gasteiger partial charge is 0.173 e. The van der Waals surface area contributed by atoms with Crippen LogP contribution in [-0.4, -0.2) is 13.2 Å². The minimum absolute atomic E-state index is 0.691. The van der Waals surface area contributed by atoms with E-state index in [1.165, 1.54) is 51.4 Å². The minimum Gasteiger partial charge on any atom is -0.493 e. The molecule has 3 aromatic carbocycles. The Labute approximate surface area is 200 Å². The van der Waals surface area contributed by atoms with Gasteiger partial charge in [-0.1, -0.05) is 108 Å². The molecule has 3 aromatic rings. The summed E-state index contributed by atoms with van der Waals surface area (Å²) in [6.07, 6.45) is 12.1. The van der Waals surface area contributed by atoms with Gasteiger partial charge >= 0.3 is 0 Å². The Morgan fingerprint density at radius 2 is 1.12 bits per heavy atom. The average molecular weight is 449 g/mol. The highest BCUT2D eigenvalue weighted by Crippen LogP contribution is 2.43. The molecule has 0 saturated heterocycles. The number of hydrogen-bond acceptors (Lipinski definition) is 3. The molecular formula is C30H40O3. The molecule has 3 nitrogen and oxygen atoms in total. The maximum Gasteiger partial charge on any atom is 0.173 e. The van der Waals surface area contributed by atoms with E-state index in [9.17, 15) is 0 Å². The lowest BCUT2D eigenvalue weighted by Gasteiger charge is -2.18.